The number of aliphatic hydroxyl groups is 2. The van der Waals surface area contributed by atoms with E-state index in [0.717, 1.165) is 19.2 Å². The Morgan fingerprint density at radius 1 is 1.37 bits per heavy atom. The monoisotopic (exact) mass is 279 g/mol. The number of hydrogen-bond acceptors (Lipinski definition) is 5. The van der Waals surface area contributed by atoms with E-state index in [1.54, 1.807) is 0 Å². The minimum absolute atomic E-state index is 0.0425. The summed E-state index contributed by atoms with van der Waals surface area (Å²) in [6, 6.07) is 2.51. The molecular formula is C11H12F3NO4. The van der Waals surface area contributed by atoms with Gasteiger partial charge in [0.15, 0.2) is 6.10 Å². The van der Waals surface area contributed by atoms with E-state index in [9.17, 15) is 28.2 Å². The molecule has 0 aliphatic heterocycles. The lowest BCUT2D eigenvalue weighted by molar-refractivity contribution is -0.158. The van der Waals surface area contributed by atoms with Gasteiger partial charge in [-0.25, -0.2) is 4.79 Å². The quantitative estimate of drug-likeness (QED) is 0.563. The Morgan fingerprint density at radius 3 is 2.42 bits per heavy atom. The fourth-order valence-corrected chi connectivity index (χ4v) is 1.50. The normalized spacial score (nSPS) is 14.8. The van der Waals surface area contributed by atoms with Crippen LogP contribution < -0.4 is 5.73 Å². The Kier molecular flexibility index (Phi) is 4.38. The third-order valence-corrected chi connectivity index (χ3v) is 2.44. The van der Waals surface area contributed by atoms with E-state index < -0.39 is 35.5 Å². The van der Waals surface area contributed by atoms with E-state index in [-0.39, 0.29) is 5.69 Å². The topological polar surface area (TPSA) is 92.8 Å². The van der Waals surface area contributed by atoms with Crippen LogP contribution >= 0.6 is 0 Å². The van der Waals surface area contributed by atoms with Crippen molar-refractivity contribution in [1.82, 2.24) is 0 Å². The van der Waals surface area contributed by atoms with Crippen molar-refractivity contribution in [3.8, 4) is 0 Å². The zero-order valence-electron chi connectivity index (χ0n) is 9.81. The molecule has 0 aromatic heterocycles. The van der Waals surface area contributed by atoms with Gasteiger partial charge in [0.05, 0.1) is 12.7 Å². The Labute approximate surface area is 106 Å². The number of aliphatic hydroxyl groups excluding tert-OH is 2. The number of methoxy groups -OCH3 is 1. The molecule has 1 aromatic rings. The number of halogens is 3. The van der Waals surface area contributed by atoms with Crippen LogP contribution in [0.5, 0.6) is 0 Å². The van der Waals surface area contributed by atoms with E-state index in [4.69, 9.17) is 5.73 Å². The molecule has 0 saturated heterocycles. The van der Waals surface area contributed by atoms with E-state index in [1.807, 2.05) is 0 Å². The van der Waals surface area contributed by atoms with Crippen molar-refractivity contribution < 1.29 is 32.9 Å². The van der Waals surface area contributed by atoms with Crippen molar-refractivity contribution in [1.29, 1.82) is 0 Å². The largest absolute Gasteiger partial charge is 0.467 e. The number of nitrogen functional groups attached to an aromatic ring is 1. The fraction of sp³-hybridized carbons (Fsp3) is 0.364. The summed E-state index contributed by atoms with van der Waals surface area (Å²) < 4.78 is 42.4. The van der Waals surface area contributed by atoms with Crippen LogP contribution in [0, 0.1) is 0 Å². The van der Waals surface area contributed by atoms with Crippen LogP contribution in [0.25, 0.3) is 0 Å². The molecule has 2 unspecified atom stereocenters. The summed E-state index contributed by atoms with van der Waals surface area (Å²) in [5, 5.41) is 19.0. The summed E-state index contributed by atoms with van der Waals surface area (Å²) >= 11 is 0. The van der Waals surface area contributed by atoms with E-state index >= 15 is 0 Å². The van der Waals surface area contributed by atoms with Crippen LogP contribution in [0.15, 0.2) is 18.2 Å². The van der Waals surface area contributed by atoms with Crippen molar-refractivity contribution in [2.45, 2.75) is 18.4 Å². The van der Waals surface area contributed by atoms with Gasteiger partial charge in [-0.1, -0.05) is 0 Å². The summed E-state index contributed by atoms with van der Waals surface area (Å²) in [7, 11) is 0.933. The minimum atomic E-state index is -4.75. The number of rotatable bonds is 3. The van der Waals surface area contributed by atoms with Gasteiger partial charge >= 0.3 is 12.1 Å². The SMILES string of the molecule is COC(=O)C(O)C(O)c1cc(N)ccc1C(F)(F)F. The summed E-state index contributed by atoms with van der Waals surface area (Å²) in [4.78, 5) is 11.0. The summed E-state index contributed by atoms with van der Waals surface area (Å²) in [5.41, 5.74) is 3.43. The maximum atomic E-state index is 12.7. The number of carbonyl (C=O) groups excluding carboxylic acids is 1. The van der Waals surface area contributed by atoms with Gasteiger partial charge in [0, 0.05) is 5.69 Å². The molecule has 0 saturated carbocycles. The first kappa shape index (κ1) is 15.3. The Hall–Kier alpha value is -1.80. The second-order valence-corrected chi connectivity index (χ2v) is 3.76. The number of carbonyl (C=O) groups is 1. The predicted octanol–water partition coefficient (Wildman–Crippen LogP) is 0.855. The molecule has 0 fully saturated rings. The number of hydrogen-bond donors (Lipinski definition) is 3. The number of esters is 1. The summed E-state index contributed by atoms with van der Waals surface area (Å²) in [6.45, 7) is 0. The van der Waals surface area contributed by atoms with E-state index in [2.05, 4.69) is 4.74 Å². The molecule has 0 heterocycles. The molecule has 19 heavy (non-hydrogen) atoms. The Bertz CT molecular complexity index is 475. The highest BCUT2D eigenvalue weighted by atomic mass is 19.4. The van der Waals surface area contributed by atoms with Gasteiger partial charge in [0.1, 0.15) is 6.10 Å². The molecule has 0 amide bonds. The van der Waals surface area contributed by atoms with E-state index in [0.29, 0.717) is 6.07 Å². The van der Waals surface area contributed by atoms with Crippen LogP contribution in [0.2, 0.25) is 0 Å². The zero-order chi connectivity index (χ0) is 14.8. The molecule has 0 spiro atoms. The highest BCUT2D eigenvalue weighted by Gasteiger charge is 2.38. The van der Waals surface area contributed by atoms with Gasteiger partial charge in [-0.15, -0.1) is 0 Å². The smallest absolute Gasteiger partial charge is 0.416 e. The van der Waals surface area contributed by atoms with Crippen molar-refractivity contribution in [3.05, 3.63) is 29.3 Å². The molecule has 1 aromatic carbocycles. The van der Waals surface area contributed by atoms with Crippen molar-refractivity contribution in [3.63, 3.8) is 0 Å². The van der Waals surface area contributed by atoms with Gasteiger partial charge in [0.2, 0.25) is 0 Å². The maximum absolute atomic E-state index is 12.7. The summed E-state index contributed by atoms with van der Waals surface area (Å²) in [5.74, 6) is -1.25. The van der Waals surface area contributed by atoms with Crippen molar-refractivity contribution >= 4 is 11.7 Å². The molecule has 0 radical (unpaired) electrons. The number of nitrogens with two attached hydrogens (primary N) is 1. The first-order chi connectivity index (χ1) is 8.68. The van der Waals surface area contributed by atoms with Crippen molar-refractivity contribution in [2.24, 2.45) is 0 Å². The predicted molar refractivity (Wildman–Crippen MR) is 58.8 cm³/mol. The third-order valence-electron chi connectivity index (χ3n) is 2.44. The number of ether oxygens (including phenoxy) is 1. The lowest BCUT2D eigenvalue weighted by Gasteiger charge is -2.20. The highest BCUT2D eigenvalue weighted by molar-refractivity contribution is 5.75. The first-order valence-electron chi connectivity index (χ1n) is 5.09. The van der Waals surface area contributed by atoms with Gasteiger partial charge in [0.25, 0.3) is 0 Å². The average molecular weight is 279 g/mol. The molecule has 2 atom stereocenters. The third kappa shape index (κ3) is 3.36. The fourth-order valence-electron chi connectivity index (χ4n) is 1.50. The molecular weight excluding hydrogens is 267 g/mol. The van der Waals surface area contributed by atoms with Gasteiger partial charge < -0.3 is 20.7 Å². The minimum Gasteiger partial charge on any atom is -0.467 e. The lowest BCUT2D eigenvalue weighted by atomic mass is 9.97. The van der Waals surface area contributed by atoms with Crippen LogP contribution in [-0.4, -0.2) is 29.4 Å². The molecule has 0 aliphatic rings. The average Bonchev–Trinajstić information content (AvgIpc) is 2.34. The van der Waals surface area contributed by atoms with Crippen LogP contribution in [-0.2, 0) is 15.7 Å². The molecule has 106 valence electrons. The zero-order valence-corrected chi connectivity index (χ0v) is 9.81. The summed E-state index contributed by atoms with van der Waals surface area (Å²) in [6.07, 6.45) is -8.97. The van der Waals surface area contributed by atoms with Crippen molar-refractivity contribution in [2.75, 3.05) is 12.8 Å². The van der Waals surface area contributed by atoms with Crippen LogP contribution in [0.4, 0.5) is 18.9 Å². The number of alkyl halides is 3. The molecule has 1 rings (SSSR count). The van der Waals surface area contributed by atoms with Crippen LogP contribution in [0.1, 0.15) is 17.2 Å². The molecule has 8 heteroatoms. The molecule has 4 N–H and O–H groups in total. The second-order valence-electron chi connectivity index (χ2n) is 3.76. The Balaban J connectivity index is 3.25. The first-order valence-corrected chi connectivity index (χ1v) is 5.09. The molecule has 0 aliphatic carbocycles. The Morgan fingerprint density at radius 2 is 1.95 bits per heavy atom. The van der Waals surface area contributed by atoms with Gasteiger partial charge in [-0.3, -0.25) is 0 Å². The van der Waals surface area contributed by atoms with Gasteiger partial charge in [-0.2, -0.15) is 13.2 Å². The lowest BCUT2D eigenvalue weighted by Crippen LogP contribution is -2.30. The standard InChI is InChI=1S/C11H12F3NO4/c1-19-10(18)9(17)8(16)6-4-5(15)2-3-7(6)11(12,13)14/h2-4,8-9,16-17H,15H2,1H3. The number of benzene rings is 1. The van der Waals surface area contributed by atoms with E-state index in [1.165, 1.54) is 0 Å². The van der Waals surface area contributed by atoms with Gasteiger partial charge in [-0.05, 0) is 23.8 Å². The molecule has 0 bridgehead atoms. The highest BCUT2D eigenvalue weighted by Crippen LogP contribution is 2.36. The maximum Gasteiger partial charge on any atom is 0.416 e. The second kappa shape index (κ2) is 5.45. The number of anilines is 1. The van der Waals surface area contributed by atoms with Crippen LogP contribution in [0.3, 0.4) is 0 Å². The molecule has 5 nitrogen and oxygen atoms in total.